The van der Waals surface area contributed by atoms with Crippen molar-refractivity contribution in [1.29, 1.82) is 0 Å². The lowest BCUT2D eigenvalue weighted by Crippen LogP contribution is -2.68. The summed E-state index contributed by atoms with van der Waals surface area (Å²) in [6, 6.07) is 7.42. The number of carbonyl (C=O) groups excluding carboxylic acids is 2. The maximum absolute atomic E-state index is 12.4. The molecule has 21 heavy (non-hydrogen) atoms. The van der Waals surface area contributed by atoms with E-state index in [1.165, 1.54) is 0 Å². The van der Waals surface area contributed by atoms with Crippen molar-refractivity contribution in [3.63, 3.8) is 0 Å². The highest BCUT2D eigenvalue weighted by atomic mass is 16.5. The molecular weight excluding hydrogens is 268 g/mol. The van der Waals surface area contributed by atoms with Crippen molar-refractivity contribution in [2.75, 3.05) is 6.54 Å². The van der Waals surface area contributed by atoms with Crippen molar-refractivity contribution in [3.05, 3.63) is 29.8 Å². The van der Waals surface area contributed by atoms with Gasteiger partial charge in [0.1, 0.15) is 23.4 Å². The molecule has 1 aromatic carbocycles. The number of para-hydroxylation sites is 1. The number of hydrogen-bond acceptors (Lipinski definition) is 3. The number of fused-ring (bicyclic) bond motifs is 1. The third kappa shape index (κ3) is 2.26. The molecule has 1 fully saturated rings. The summed E-state index contributed by atoms with van der Waals surface area (Å²) in [6.45, 7) is 5.69. The fraction of sp³-hybridized carbons (Fsp3) is 0.500. The molecule has 2 aliphatic rings. The average Bonchev–Trinajstić information content (AvgIpc) is 2.84. The van der Waals surface area contributed by atoms with Crippen LogP contribution in [0, 0.1) is 0 Å². The van der Waals surface area contributed by atoms with Gasteiger partial charge in [-0.25, -0.2) is 0 Å². The van der Waals surface area contributed by atoms with Crippen LogP contribution in [0.15, 0.2) is 24.3 Å². The SMILES string of the molecule is CC1NC(=O)C(C)(C)N(CC2Cc3ccccc3O2)C1=O. The summed E-state index contributed by atoms with van der Waals surface area (Å²) in [5.41, 5.74) is 0.309. The number of nitrogens with one attached hydrogen (secondary N) is 1. The minimum Gasteiger partial charge on any atom is -0.488 e. The lowest BCUT2D eigenvalue weighted by Gasteiger charge is -2.44. The van der Waals surface area contributed by atoms with Gasteiger partial charge in [-0.1, -0.05) is 18.2 Å². The summed E-state index contributed by atoms with van der Waals surface area (Å²) in [7, 11) is 0. The van der Waals surface area contributed by atoms with E-state index in [4.69, 9.17) is 4.74 Å². The minimum atomic E-state index is -0.846. The normalized spacial score (nSPS) is 27.1. The molecule has 0 aromatic heterocycles. The molecule has 2 heterocycles. The van der Waals surface area contributed by atoms with Crippen molar-refractivity contribution < 1.29 is 14.3 Å². The molecule has 0 spiro atoms. The van der Waals surface area contributed by atoms with Crippen LogP contribution in [-0.4, -0.2) is 40.9 Å². The number of piperazine rings is 1. The summed E-state index contributed by atoms with van der Waals surface area (Å²) >= 11 is 0. The lowest BCUT2D eigenvalue weighted by atomic mass is 9.95. The number of ether oxygens (including phenoxy) is 1. The van der Waals surface area contributed by atoms with Crippen LogP contribution >= 0.6 is 0 Å². The van der Waals surface area contributed by atoms with Gasteiger partial charge in [0, 0.05) is 6.42 Å². The van der Waals surface area contributed by atoms with E-state index in [2.05, 4.69) is 5.32 Å². The Morgan fingerprint density at radius 2 is 2.05 bits per heavy atom. The van der Waals surface area contributed by atoms with Crippen LogP contribution < -0.4 is 10.1 Å². The second kappa shape index (κ2) is 4.76. The van der Waals surface area contributed by atoms with E-state index in [9.17, 15) is 9.59 Å². The lowest BCUT2D eigenvalue weighted by molar-refractivity contribution is -0.156. The summed E-state index contributed by atoms with van der Waals surface area (Å²) in [6.07, 6.45) is 0.676. The van der Waals surface area contributed by atoms with Crippen LogP contribution in [0.5, 0.6) is 5.75 Å². The standard InChI is InChI=1S/C16H20N2O3/c1-10-14(19)18(16(2,3)15(20)17-10)9-12-8-11-6-4-5-7-13(11)21-12/h4-7,10,12H,8-9H2,1-3H3,(H,17,20). The third-order valence-electron chi connectivity index (χ3n) is 4.31. The molecule has 0 radical (unpaired) electrons. The Bertz CT molecular complexity index is 572. The Balaban J connectivity index is 1.78. The smallest absolute Gasteiger partial charge is 0.246 e. The maximum Gasteiger partial charge on any atom is 0.246 e. The van der Waals surface area contributed by atoms with Crippen molar-refractivity contribution in [2.24, 2.45) is 0 Å². The molecule has 5 heteroatoms. The highest BCUT2D eigenvalue weighted by Crippen LogP contribution is 2.30. The molecule has 2 atom stereocenters. The summed E-state index contributed by atoms with van der Waals surface area (Å²) < 4.78 is 5.90. The zero-order valence-corrected chi connectivity index (χ0v) is 12.6. The van der Waals surface area contributed by atoms with Gasteiger partial charge in [0.05, 0.1) is 6.54 Å². The number of rotatable bonds is 2. The van der Waals surface area contributed by atoms with Crippen LogP contribution in [-0.2, 0) is 16.0 Å². The fourth-order valence-corrected chi connectivity index (χ4v) is 2.94. The van der Waals surface area contributed by atoms with Crippen molar-refractivity contribution >= 4 is 11.8 Å². The van der Waals surface area contributed by atoms with Gasteiger partial charge in [-0.15, -0.1) is 0 Å². The van der Waals surface area contributed by atoms with E-state index >= 15 is 0 Å². The first-order valence-corrected chi connectivity index (χ1v) is 7.26. The van der Waals surface area contributed by atoms with Crippen LogP contribution in [0.4, 0.5) is 0 Å². The maximum atomic E-state index is 12.4. The van der Waals surface area contributed by atoms with Gasteiger partial charge in [-0.05, 0) is 32.4 Å². The monoisotopic (exact) mass is 288 g/mol. The number of benzene rings is 1. The molecule has 2 unspecified atom stereocenters. The molecule has 3 rings (SSSR count). The van der Waals surface area contributed by atoms with Crippen LogP contribution in [0.25, 0.3) is 0 Å². The first kappa shape index (κ1) is 13.9. The molecule has 2 amide bonds. The van der Waals surface area contributed by atoms with Gasteiger partial charge < -0.3 is 15.0 Å². The van der Waals surface area contributed by atoms with Crippen LogP contribution in [0.2, 0.25) is 0 Å². The van der Waals surface area contributed by atoms with Crippen LogP contribution in [0.3, 0.4) is 0 Å². The Kier molecular flexibility index (Phi) is 3.15. The average molecular weight is 288 g/mol. The highest BCUT2D eigenvalue weighted by molar-refractivity contribution is 5.99. The van der Waals surface area contributed by atoms with Gasteiger partial charge in [0.15, 0.2) is 0 Å². The summed E-state index contributed by atoms with van der Waals surface area (Å²) in [4.78, 5) is 26.2. The van der Waals surface area contributed by atoms with Gasteiger partial charge in [0.25, 0.3) is 0 Å². The predicted molar refractivity (Wildman–Crippen MR) is 78.0 cm³/mol. The van der Waals surface area contributed by atoms with E-state index in [1.54, 1.807) is 25.7 Å². The third-order valence-corrected chi connectivity index (χ3v) is 4.31. The Morgan fingerprint density at radius 3 is 2.76 bits per heavy atom. The largest absolute Gasteiger partial charge is 0.488 e. The molecule has 0 aliphatic carbocycles. The van der Waals surface area contributed by atoms with E-state index < -0.39 is 11.6 Å². The van der Waals surface area contributed by atoms with Gasteiger partial charge in [-0.2, -0.15) is 0 Å². The first-order valence-electron chi connectivity index (χ1n) is 7.26. The number of hydrogen-bond donors (Lipinski definition) is 1. The molecule has 2 aliphatic heterocycles. The van der Waals surface area contributed by atoms with Gasteiger partial charge >= 0.3 is 0 Å². The molecule has 1 N–H and O–H groups in total. The zero-order valence-electron chi connectivity index (χ0n) is 12.6. The van der Waals surface area contributed by atoms with E-state index in [1.807, 2.05) is 24.3 Å². The number of amides is 2. The Morgan fingerprint density at radius 1 is 1.33 bits per heavy atom. The molecule has 0 saturated carbocycles. The van der Waals surface area contributed by atoms with Crippen molar-refractivity contribution in [3.8, 4) is 5.75 Å². The molecule has 0 bridgehead atoms. The van der Waals surface area contributed by atoms with E-state index in [-0.39, 0.29) is 17.9 Å². The van der Waals surface area contributed by atoms with E-state index in [0.29, 0.717) is 6.54 Å². The van der Waals surface area contributed by atoms with E-state index in [0.717, 1.165) is 17.7 Å². The summed E-state index contributed by atoms with van der Waals surface area (Å²) in [5.74, 6) is 0.700. The Labute approximate surface area is 124 Å². The second-order valence-corrected chi connectivity index (χ2v) is 6.25. The van der Waals surface area contributed by atoms with Gasteiger partial charge in [0.2, 0.25) is 11.8 Å². The quantitative estimate of drug-likeness (QED) is 0.887. The first-order chi connectivity index (χ1) is 9.89. The highest BCUT2D eigenvalue weighted by Gasteiger charge is 2.46. The van der Waals surface area contributed by atoms with Crippen molar-refractivity contribution in [2.45, 2.75) is 44.9 Å². The second-order valence-electron chi connectivity index (χ2n) is 6.25. The molecule has 1 saturated heterocycles. The fourth-order valence-electron chi connectivity index (χ4n) is 2.94. The number of nitrogens with zero attached hydrogens (tertiary/aromatic N) is 1. The molecule has 1 aromatic rings. The molecule has 5 nitrogen and oxygen atoms in total. The van der Waals surface area contributed by atoms with Crippen LogP contribution in [0.1, 0.15) is 26.3 Å². The topological polar surface area (TPSA) is 58.6 Å². The number of carbonyl (C=O) groups is 2. The molecular formula is C16H20N2O3. The predicted octanol–water partition coefficient (Wildman–Crippen LogP) is 1.12. The molecule has 112 valence electrons. The summed E-state index contributed by atoms with van der Waals surface area (Å²) in [5, 5.41) is 2.72. The zero-order chi connectivity index (χ0) is 15.2. The van der Waals surface area contributed by atoms with Gasteiger partial charge in [-0.3, -0.25) is 9.59 Å². The minimum absolute atomic E-state index is 0.0563. The van der Waals surface area contributed by atoms with Crippen molar-refractivity contribution in [1.82, 2.24) is 10.2 Å². The Hall–Kier alpha value is -2.04.